The molecule has 2 aromatic rings. The van der Waals surface area contributed by atoms with Crippen molar-refractivity contribution in [2.45, 2.75) is 18.9 Å². The van der Waals surface area contributed by atoms with E-state index in [4.69, 9.17) is 4.42 Å². The van der Waals surface area contributed by atoms with Crippen molar-refractivity contribution in [3.63, 3.8) is 0 Å². The summed E-state index contributed by atoms with van der Waals surface area (Å²) in [7, 11) is 1.74. The van der Waals surface area contributed by atoms with E-state index in [9.17, 15) is 9.59 Å². The zero-order valence-corrected chi connectivity index (χ0v) is 12.4. The summed E-state index contributed by atoms with van der Waals surface area (Å²) in [5.41, 5.74) is 0.824. The zero-order valence-electron chi connectivity index (χ0n) is 12.4. The van der Waals surface area contributed by atoms with Gasteiger partial charge in [0.2, 0.25) is 5.91 Å². The maximum Gasteiger partial charge on any atom is 0.290 e. The average Bonchev–Trinajstić information content (AvgIpc) is 3.25. The Balaban J connectivity index is 1.78. The number of para-hydroxylation sites is 1. The molecule has 1 aliphatic rings. The number of carbonyl (C=O) groups excluding carboxylic acids is 2. The monoisotopic (exact) mass is 298 g/mol. The van der Waals surface area contributed by atoms with Crippen LogP contribution in [-0.4, -0.2) is 36.3 Å². The summed E-state index contributed by atoms with van der Waals surface area (Å²) >= 11 is 0. The molecule has 5 heteroatoms. The largest absolute Gasteiger partial charge is 0.459 e. The van der Waals surface area contributed by atoms with Crippen LogP contribution in [0, 0.1) is 0 Å². The van der Waals surface area contributed by atoms with Gasteiger partial charge in [0.15, 0.2) is 5.76 Å². The summed E-state index contributed by atoms with van der Waals surface area (Å²) in [5, 5.41) is 0. The lowest BCUT2D eigenvalue weighted by atomic mass is 10.1. The number of hydrogen-bond donors (Lipinski definition) is 0. The van der Waals surface area contributed by atoms with Crippen LogP contribution >= 0.6 is 0 Å². The van der Waals surface area contributed by atoms with Crippen molar-refractivity contribution in [3.8, 4) is 0 Å². The van der Waals surface area contributed by atoms with Gasteiger partial charge in [-0.2, -0.15) is 0 Å². The van der Waals surface area contributed by atoms with Gasteiger partial charge in [0.1, 0.15) is 6.04 Å². The van der Waals surface area contributed by atoms with Crippen LogP contribution in [0.25, 0.3) is 0 Å². The number of benzene rings is 1. The van der Waals surface area contributed by atoms with Crippen LogP contribution in [0.15, 0.2) is 53.1 Å². The van der Waals surface area contributed by atoms with E-state index in [1.807, 2.05) is 30.3 Å². The molecular weight excluding hydrogens is 280 g/mol. The Kier molecular flexibility index (Phi) is 3.96. The first kappa shape index (κ1) is 14.4. The van der Waals surface area contributed by atoms with Crippen molar-refractivity contribution < 1.29 is 14.0 Å². The van der Waals surface area contributed by atoms with Crippen molar-refractivity contribution in [3.05, 3.63) is 54.5 Å². The van der Waals surface area contributed by atoms with Gasteiger partial charge < -0.3 is 14.2 Å². The van der Waals surface area contributed by atoms with Crippen LogP contribution in [0.2, 0.25) is 0 Å². The maximum atomic E-state index is 12.7. The van der Waals surface area contributed by atoms with Crippen LogP contribution in [0.3, 0.4) is 0 Å². The van der Waals surface area contributed by atoms with Crippen LogP contribution in [0.4, 0.5) is 5.69 Å². The third kappa shape index (κ3) is 2.62. The molecule has 0 spiro atoms. The lowest BCUT2D eigenvalue weighted by Gasteiger charge is -2.27. The molecule has 0 bridgehead atoms. The molecule has 22 heavy (non-hydrogen) atoms. The summed E-state index contributed by atoms with van der Waals surface area (Å²) < 4.78 is 5.16. The fraction of sp³-hybridized carbons (Fsp3) is 0.294. The van der Waals surface area contributed by atoms with Gasteiger partial charge in [0, 0.05) is 19.3 Å². The molecule has 2 heterocycles. The highest BCUT2D eigenvalue weighted by molar-refractivity contribution is 6.01. The first-order valence-corrected chi connectivity index (χ1v) is 7.35. The molecule has 1 aromatic carbocycles. The van der Waals surface area contributed by atoms with E-state index < -0.39 is 6.04 Å². The van der Waals surface area contributed by atoms with E-state index in [2.05, 4.69) is 0 Å². The Morgan fingerprint density at radius 2 is 1.95 bits per heavy atom. The quantitative estimate of drug-likeness (QED) is 0.875. The number of likely N-dealkylation sites (tertiary alicyclic amines) is 1. The third-order valence-corrected chi connectivity index (χ3v) is 4.00. The molecule has 3 rings (SSSR count). The molecule has 114 valence electrons. The highest BCUT2D eigenvalue weighted by Gasteiger charge is 2.37. The van der Waals surface area contributed by atoms with Gasteiger partial charge in [0.05, 0.1) is 6.26 Å². The molecule has 0 N–H and O–H groups in total. The van der Waals surface area contributed by atoms with Crippen molar-refractivity contribution in [2.24, 2.45) is 0 Å². The molecule has 1 aromatic heterocycles. The highest BCUT2D eigenvalue weighted by atomic mass is 16.3. The molecule has 1 fully saturated rings. The van der Waals surface area contributed by atoms with Crippen LogP contribution in [-0.2, 0) is 4.79 Å². The second kappa shape index (κ2) is 6.05. The van der Waals surface area contributed by atoms with Crippen molar-refractivity contribution in [1.82, 2.24) is 4.90 Å². The minimum Gasteiger partial charge on any atom is -0.459 e. The van der Waals surface area contributed by atoms with E-state index in [-0.39, 0.29) is 17.6 Å². The Labute approximate surface area is 129 Å². The Bertz CT molecular complexity index is 652. The lowest BCUT2D eigenvalue weighted by Crippen LogP contribution is -2.46. The zero-order chi connectivity index (χ0) is 15.5. The van der Waals surface area contributed by atoms with Crippen LogP contribution < -0.4 is 4.90 Å². The second-order valence-electron chi connectivity index (χ2n) is 5.37. The fourth-order valence-electron chi connectivity index (χ4n) is 2.81. The van der Waals surface area contributed by atoms with Gasteiger partial charge in [-0.3, -0.25) is 9.59 Å². The van der Waals surface area contributed by atoms with Gasteiger partial charge >= 0.3 is 0 Å². The molecule has 1 atom stereocenters. The minimum absolute atomic E-state index is 0.0661. The molecule has 0 aliphatic carbocycles. The normalized spacial score (nSPS) is 17.5. The molecule has 1 aliphatic heterocycles. The summed E-state index contributed by atoms with van der Waals surface area (Å²) in [4.78, 5) is 28.4. The van der Waals surface area contributed by atoms with Crippen molar-refractivity contribution >= 4 is 17.5 Å². The second-order valence-corrected chi connectivity index (χ2v) is 5.37. The summed E-state index contributed by atoms with van der Waals surface area (Å²) in [6.45, 7) is 0.582. The average molecular weight is 298 g/mol. The Morgan fingerprint density at radius 3 is 2.64 bits per heavy atom. The number of anilines is 1. The van der Waals surface area contributed by atoms with E-state index >= 15 is 0 Å². The van der Waals surface area contributed by atoms with Gasteiger partial charge in [-0.1, -0.05) is 18.2 Å². The van der Waals surface area contributed by atoms with Gasteiger partial charge in [-0.15, -0.1) is 0 Å². The minimum atomic E-state index is -0.428. The Morgan fingerprint density at radius 1 is 1.18 bits per heavy atom. The standard InChI is InChI=1S/C17H18N2O3/c1-18(13-7-3-2-4-8-13)16(20)14-9-5-11-19(14)17(21)15-10-6-12-22-15/h2-4,6-8,10,12,14H,5,9,11H2,1H3. The van der Waals surface area contributed by atoms with E-state index in [0.29, 0.717) is 13.0 Å². The molecule has 1 unspecified atom stereocenters. The topological polar surface area (TPSA) is 53.8 Å². The molecule has 5 nitrogen and oxygen atoms in total. The lowest BCUT2D eigenvalue weighted by molar-refractivity contribution is -0.122. The molecule has 0 saturated carbocycles. The van der Waals surface area contributed by atoms with E-state index in [1.165, 1.54) is 6.26 Å². The van der Waals surface area contributed by atoms with Gasteiger partial charge in [-0.25, -0.2) is 0 Å². The molecular formula is C17H18N2O3. The van der Waals surface area contributed by atoms with Gasteiger partial charge in [0.25, 0.3) is 5.91 Å². The SMILES string of the molecule is CN(C(=O)C1CCCN1C(=O)c1ccco1)c1ccccc1. The summed E-state index contributed by atoms with van der Waals surface area (Å²) in [6.07, 6.45) is 2.98. The number of nitrogens with zero attached hydrogens (tertiary/aromatic N) is 2. The smallest absolute Gasteiger partial charge is 0.290 e. The predicted molar refractivity (Wildman–Crippen MR) is 82.6 cm³/mol. The summed E-state index contributed by atoms with van der Waals surface area (Å²) in [5.74, 6) is -0.00650. The first-order chi connectivity index (χ1) is 10.7. The number of likely N-dealkylation sites (N-methyl/N-ethyl adjacent to an activating group) is 1. The fourth-order valence-corrected chi connectivity index (χ4v) is 2.81. The predicted octanol–water partition coefficient (Wildman–Crippen LogP) is 2.55. The molecule has 0 radical (unpaired) electrons. The maximum absolute atomic E-state index is 12.7. The number of furan rings is 1. The molecule has 2 amide bonds. The number of rotatable bonds is 3. The Hall–Kier alpha value is -2.56. The van der Waals surface area contributed by atoms with E-state index in [0.717, 1.165) is 12.1 Å². The van der Waals surface area contributed by atoms with Crippen molar-refractivity contribution in [1.29, 1.82) is 0 Å². The number of amides is 2. The van der Waals surface area contributed by atoms with Crippen LogP contribution in [0.1, 0.15) is 23.4 Å². The third-order valence-electron chi connectivity index (χ3n) is 4.00. The summed E-state index contributed by atoms with van der Waals surface area (Å²) in [6, 6.07) is 12.3. The number of hydrogen-bond acceptors (Lipinski definition) is 3. The van der Waals surface area contributed by atoms with Gasteiger partial charge in [-0.05, 0) is 37.1 Å². The van der Waals surface area contributed by atoms with E-state index in [1.54, 1.807) is 29.0 Å². The first-order valence-electron chi connectivity index (χ1n) is 7.35. The molecule has 1 saturated heterocycles. The number of carbonyl (C=O) groups is 2. The van der Waals surface area contributed by atoms with Crippen LogP contribution in [0.5, 0.6) is 0 Å². The van der Waals surface area contributed by atoms with Crippen molar-refractivity contribution in [2.75, 3.05) is 18.5 Å². The highest BCUT2D eigenvalue weighted by Crippen LogP contribution is 2.24.